The first-order chi connectivity index (χ1) is 10.7. The van der Waals surface area contributed by atoms with Gasteiger partial charge in [-0.15, -0.1) is 10.2 Å². The van der Waals surface area contributed by atoms with Gasteiger partial charge in [-0.3, -0.25) is 15.0 Å². The fourth-order valence-electron chi connectivity index (χ4n) is 2.36. The second-order valence-corrected chi connectivity index (χ2v) is 9.37. The summed E-state index contributed by atoms with van der Waals surface area (Å²) in [7, 11) is 2.81. The van der Waals surface area contributed by atoms with E-state index in [1.807, 2.05) is 14.1 Å². The average Bonchev–Trinajstić information content (AvgIpc) is 3.02. The van der Waals surface area contributed by atoms with Crippen LogP contribution in [0.15, 0.2) is 0 Å². The van der Waals surface area contributed by atoms with Crippen LogP contribution in [0, 0.1) is 0 Å². The van der Waals surface area contributed by atoms with Crippen LogP contribution in [-0.4, -0.2) is 86.1 Å². The van der Waals surface area contributed by atoms with Gasteiger partial charge in [-0.25, -0.2) is 8.42 Å². The number of nitrogens with one attached hydrogen (secondary N) is 1. The fourth-order valence-corrected chi connectivity index (χ4v) is 4.91. The molecule has 0 bridgehead atoms. The zero-order valence-corrected chi connectivity index (χ0v) is 15.3. The number of sulfone groups is 1. The fraction of sp³-hybridized carbons (Fsp3) is 0.769. The quantitative estimate of drug-likeness (QED) is 0.712. The molecule has 0 radical (unpaired) electrons. The van der Waals surface area contributed by atoms with E-state index in [4.69, 9.17) is 0 Å². The highest BCUT2D eigenvalue weighted by molar-refractivity contribution is 7.91. The minimum atomic E-state index is -2.94. The van der Waals surface area contributed by atoms with Gasteiger partial charge >= 0.3 is 0 Å². The molecule has 130 valence electrons. The van der Waals surface area contributed by atoms with Crippen molar-refractivity contribution in [3.8, 4) is 0 Å². The molecule has 1 unspecified atom stereocenters. The minimum Gasteiger partial charge on any atom is -0.309 e. The molecule has 1 aliphatic heterocycles. The number of rotatable bonds is 7. The Hall–Kier alpha value is -1.10. The Morgan fingerprint density at radius 1 is 1.35 bits per heavy atom. The second kappa shape index (κ2) is 7.65. The first-order valence-electron chi connectivity index (χ1n) is 7.43. The van der Waals surface area contributed by atoms with Crippen LogP contribution in [0.1, 0.15) is 11.4 Å². The van der Waals surface area contributed by atoms with E-state index in [0.29, 0.717) is 11.6 Å². The SMILES string of the molecule is CN(C)CCc1nnc(NC(=O)CN(C)C2CCS(=O)(=O)C2)s1. The Morgan fingerprint density at radius 2 is 2.09 bits per heavy atom. The Bertz CT molecular complexity index is 644. The predicted molar refractivity (Wildman–Crippen MR) is 90.5 cm³/mol. The summed E-state index contributed by atoms with van der Waals surface area (Å²) in [5, 5.41) is 12.1. The van der Waals surface area contributed by atoms with Crippen LogP contribution in [0.2, 0.25) is 0 Å². The lowest BCUT2D eigenvalue weighted by molar-refractivity contribution is -0.117. The summed E-state index contributed by atoms with van der Waals surface area (Å²) >= 11 is 1.37. The van der Waals surface area contributed by atoms with Gasteiger partial charge in [-0.1, -0.05) is 11.3 Å². The van der Waals surface area contributed by atoms with Crippen LogP contribution in [0.3, 0.4) is 0 Å². The topological polar surface area (TPSA) is 95.5 Å². The Morgan fingerprint density at radius 3 is 2.70 bits per heavy atom. The average molecular weight is 361 g/mol. The largest absolute Gasteiger partial charge is 0.309 e. The predicted octanol–water partition coefficient (Wildman–Crippen LogP) is -0.300. The first kappa shape index (κ1) is 18.2. The second-order valence-electron chi connectivity index (χ2n) is 6.07. The van der Waals surface area contributed by atoms with E-state index in [9.17, 15) is 13.2 Å². The van der Waals surface area contributed by atoms with Gasteiger partial charge in [0.25, 0.3) is 0 Å². The highest BCUT2D eigenvalue weighted by Crippen LogP contribution is 2.18. The van der Waals surface area contributed by atoms with Crippen LogP contribution in [0.5, 0.6) is 0 Å². The lowest BCUT2D eigenvalue weighted by atomic mass is 10.2. The van der Waals surface area contributed by atoms with Crippen LogP contribution in [0.25, 0.3) is 0 Å². The van der Waals surface area contributed by atoms with Gasteiger partial charge in [0.15, 0.2) is 9.84 Å². The third-order valence-electron chi connectivity index (χ3n) is 3.71. The molecule has 0 spiro atoms. The molecule has 1 amide bonds. The van der Waals surface area contributed by atoms with Crippen LogP contribution in [0.4, 0.5) is 5.13 Å². The number of carbonyl (C=O) groups is 1. The number of carbonyl (C=O) groups excluding carboxylic acids is 1. The smallest absolute Gasteiger partial charge is 0.240 e. The lowest BCUT2D eigenvalue weighted by Crippen LogP contribution is -2.38. The van der Waals surface area contributed by atoms with Gasteiger partial charge in [0, 0.05) is 19.0 Å². The molecule has 1 fully saturated rings. The molecule has 1 atom stereocenters. The number of hydrogen-bond donors (Lipinski definition) is 1. The monoisotopic (exact) mass is 361 g/mol. The van der Waals surface area contributed by atoms with Crippen molar-refractivity contribution in [1.82, 2.24) is 20.0 Å². The van der Waals surface area contributed by atoms with E-state index in [1.165, 1.54) is 11.3 Å². The summed E-state index contributed by atoms with van der Waals surface area (Å²) in [6, 6.07) is -0.0872. The molecule has 1 saturated heterocycles. The van der Waals surface area contributed by atoms with Gasteiger partial charge in [-0.2, -0.15) is 0 Å². The van der Waals surface area contributed by atoms with Crippen LogP contribution < -0.4 is 5.32 Å². The van der Waals surface area contributed by atoms with Gasteiger partial charge < -0.3 is 4.90 Å². The summed E-state index contributed by atoms with van der Waals surface area (Å²) in [5.41, 5.74) is 0. The lowest BCUT2D eigenvalue weighted by Gasteiger charge is -2.21. The molecular formula is C13H23N5O3S2. The Balaban J connectivity index is 1.80. The van der Waals surface area contributed by atoms with E-state index >= 15 is 0 Å². The van der Waals surface area contributed by atoms with Crippen molar-refractivity contribution >= 4 is 32.2 Å². The maximum atomic E-state index is 12.0. The maximum absolute atomic E-state index is 12.0. The molecule has 10 heteroatoms. The van der Waals surface area contributed by atoms with Gasteiger partial charge in [-0.05, 0) is 27.6 Å². The van der Waals surface area contributed by atoms with Crippen molar-refractivity contribution in [2.75, 3.05) is 51.1 Å². The number of anilines is 1. The van der Waals surface area contributed by atoms with E-state index in [1.54, 1.807) is 11.9 Å². The molecule has 2 rings (SSSR count). The summed E-state index contributed by atoms with van der Waals surface area (Å²) < 4.78 is 23.0. The van der Waals surface area contributed by atoms with E-state index in [-0.39, 0.29) is 30.0 Å². The highest BCUT2D eigenvalue weighted by atomic mass is 32.2. The minimum absolute atomic E-state index is 0.0872. The summed E-state index contributed by atoms with van der Waals surface area (Å²) in [6.45, 7) is 1.02. The molecule has 23 heavy (non-hydrogen) atoms. The zero-order chi connectivity index (χ0) is 17.0. The molecular weight excluding hydrogens is 338 g/mol. The van der Waals surface area contributed by atoms with Crippen molar-refractivity contribution in [2.24, 2.45) is 0 Å². The summed E-state index contributed by atoms with van der Waals surface area (Å²) in [4.78, 5) is 15.9. The molecule has 1 N–H and O–H groups in total. The van der Waals surface area contributed by atoms with Crippen molar-refractivity contribution in [2.45, 2.75) is 18.9 Å². The molecule has 1 aromatic rings. The van der Waals surface area contributed by atoms with Crippen molar-refractivity contribution in [3.63, 3.8) is 0 Å². The van der Waals surface area contributed by atoms with Gasteiger partial charge in [0.1, 0.15) is 5.01 Å². The number of nitrogens with zero attached hydrogens (tertiary/aromatic N) is 4. The first-order valence-corrected chi connectivity index (χ1v) is 10.1. The summed E-state index contributed by atoms with van der Waals surface area (Å²) in [6.07, 6.45) is 1.37. The summed E-state index contributed by atoms with van der Waals surface area (Å²) in [5.74, 6) is 0.131. The van der Waals surface area contributed by atoms with E-state index in [0.717, 1.165) is 18.0 Å². The Labute approximate surface area is 140 Å². The van der Waals surface area contributed by atoms with Gasteiger partial charge in [0.2, 0.25) is 11.0 Å². The molecule has 1 aromatic heterocycles. The molecule has 8 nitrogen and oxygen atoms in total. The Kier molecular flexibility index (Phi) is 6.06. The third-order valence-corrected chi connectivity index (χ3v) is 6.36. The molecule has 2 heterocycles. The standard InChI is InChI=1S/C13H23N5O3S2/c1-17(2)6-4-12-15-16-13(22-12)14-11(19)8-18(3)10-5-7-23(20,21)9-10/h10H,4-9H2,1-3H3,(H,14,16,19). The van der Waals surface area contributed by atoms with Crippen LogP contribution in [-0.2, 0) is 21.1 Å². The highest BCUT2D eigenvalue weighted by Gasteiger charge is 2.31. The molecule has 0 aromatic carbocycles. The number of amides is 1. The van der Waals surface area contributed by atoms with Crippen molar-refractivity contribution in [1.29, 1.82) is 0 Å². The third kappa shape index (κ3) is 5.79. The van der Waals surface area contributed by atoms with Gasteiger partial charge in [0.05, 0.1) is 18.1 Å². The van der Waals surface area contributed by atoms with E-state index < -0.39 is 9.84 Å². The zero-order valence-electron chi connectivity index (χ0n) is 13.7. The van der Waals surface area contributed by atoms with Crippen LogP contribution >= 0.6 is 11.3 Å². The number of hydrogen-bond acceptors (Lipinski definition) is 8. The molecule has 0 aliphatic carbocycles. The molecule has 1 aliphatic rings. The number of likely N-dealkylation sites (N-methyl/N-ethyl adjacent to an activating group) is 2. The van der Waals surface area contributed by atoms with E-state index in [2.05, 4.69) is 20.4 Å². The molecule has 0 saturated carbocycles. The van der Waals surface area contributed by atoms with Crippen molar-refractivity contribution in [3.05, 3.63) is 5.01 Å². The maximum Gasteiger partial charge on any atom is 0.240 e. The van der Waals surface area contributed by atoms with Crippen molar-refractivity contribution < 1.29 is 13.2 Å². The number of aromatic nitrogens is 2. The normalized spacial score (nSPS) is 20.3.